The summed E-state index contributed by atoms with van der Waals surface area (Å²) in [6, 6.07) is 6.29. The molecule has 0 unspecified atom stereocenters. The van der Waals surface area contributed by atoms with Crippen molar-refractivity contribution in [1.29, 1.82) is 0 Å². The molecule has 0 amide bonds. The SMILES string of the molecule is SCCCNCc1ccc2nc[nH]c2c1. The minimum atomic E-state index is 0.905. The number of hydrogen-bond acceptors (Lipinski definition) is 3. The van der Waals surface area contributed by atoms with Gasteiger partial charge in [-0.05, 0) is 36.4 Å². The van der Waals surface area contributed by atoms with Crippen LogP contribution in [0, 0.1) is 0 Å². The van der Waals surface area contributed by atoms with Gasteiger partial charge in [0.05, 0.1) is 17.4 Å². The zero-order valence-electron chi connectivity index (χ0n) is 8.53. The Morgan fingerprint density at radius 1 is 1.40 bits per heavy atom. The Kier molecular flexibility index (Phi) is 3.64. The largest absolute Gasteiger partial charge is 0.345 e. The molecule has 0 bridgehead atoms. The standard InChI is InChI=1S/C11H15N3S/c15-5-1-4-12-7-9-2-3-10-11(6-9)14-8-13-10/h2-3,6,8,12,15H,1,4-5,7H2,(H,13,14). The molecule has 0 aliphatic rings. The third-order valence-corrected chi connectivity index (χ3v) is 2.64. The lowest BCUT2D eigenvalue weighted by Crippen LogP contribution is -2.14. The zero-order valence-corrected chi connectivity index (χ0v) is 9.43. The Hall–Kier alpha value is -1.00. The Labute approximate surface area is 94.7 Å². The highest BCUT2D eigenvalue weighted by Gasteiger charge is 1.97. The second kappa shape index (κ2) is 5.19. The highest BCUT2D eigenvalue weighted by Crippen LogP contribution is 2.11. The first-order valence-electron chi connectivity index (χ1n) is 5.14. The maximum atomic E-state index is 4.18. The number of aromatic nitrogens is 2. The summed E-state index contributed by atoms with van der Waals surface area (Å²) >= 11 is 4.17. The molecule has 2 aromatic rings. The highest BCUT2D eigenvalue weighted by atomic mass is 32.1. The van der Waals surface area contributed by atoms with Crippen molar-refractivity contribution >= 4 is 23.7 Å². The summed E-state index contributed by atoms with van der Waals surface area (Å²) in [7, 11) is 0. The van der Waals surface area contributed by atoms with Crippen LogP contribution in [0.3, 0.4) is 0 Å². The van der Waals surface area contributed by atoms with Crippen molar-refractivity contribution in [3.63, 3.8) is 0 Å². The minimum absolute atomic E-state index is 0.905. The van der Waals surface area contributed by atoms with Crippen LogP contribution in [0.4, 0.5) is 0 Å². The second-order valence-corrected chi connectivity index (χ2v) is 3.96. The molecule has 4 heteroatoms. The summed E-state index contributed by atoms with van der Waals surface area (Å²) < 4.78 is 0. The van der Waals surface area contributed by atoms with Gasteiger partial charge in [-0.25, -0.2) is 4.98 Å². The predicted octanol–water partition coefficient (Wildman–Crippen LogP) is 1.97. The van der Waals surface area contributed by atoms with E-state index in [9.17, 15) is 0 Å². The maximum absolute atomic E-state index is 4.18. The van der Waals surface area contributed by atoms with Crippen LogP contribution in [0.25, 0.3) is 11.0 Å². The van der Waals surface area contributed by atoms with Crippen molar-refractivity contribution in [3.05, 3.63) is 30.1 Å². The van der Waals surface area contributed by atoms with Gasteiger partial charge in [0.2, 0.25) is 0 Å². The fraction of sp³-hybridized carbons (Fsp3) is 0.364. The lowest BCUT2D eigenvalue weighted by atomic mass is 10.2. The maximum Gasteiger partial charge on any atom is 0.0931 e. The van der Waals surface area contributed by atoms with Crippen molar-refractivity contribution in [3.8, 4) is 0 Å². The molecule has 1 aromatic carbocycles. The Morgan fingerprint density at radius 3 is 3.20 bits per heavy atom. The van der Waals surface area contributed by atoms with Gasteiger partial charge in [0.25, 0.3) is 0 Å². The third kappa shape index (κ3) is 2.73. The molecule has 1 aromatic heterocycles. The average Bonchev–Trinajstić information content (AvgIpc) is 2.71. The van der Waals surface area contributed by atoms with Gasteiger partial charge in [-0.2, -0.15) is 12.6 Å². The van der Waals surface area contributed by atoms with Crippen LogP contribution in [-0.4, -0.2) is 22.3 Å². The molecule has 2 N–H and O–H groups in total. The van der Waals surface area contributed by atoms with Gasteiger partial charge in [-0.15, -0.1) is 0 Å². The van der Waals surface area contributed by atoms with Gasteiger partial charge in [0.1, 0.15) is 0 Å². The molecule has 2 rings (SSSR count). The van der Waals surface area contributed by atoms with E-state index in [1.54, 1.807) is 6.33 Å². The summed E-state index contributed by atoms with van der Waals surface area (Å²) in [6.07, 6.45) is 2.83. The quantitative estimate of drug-likeness (QED) is 0.534. The molecule has 1 heterocycles. The van der Waals surface area contributed by atoms with Crippen LogP contribution in [0.2, 0.25) is 0 Å². The number of imidazole rings is 1. The molecule has 0 aliphatic carbocycles. The lowest BCUT2D eigenvalue weighted by molar-refractivity contribution is 0.680. The van der Waals surface area contributed by atoms with Crippen LogP contribution in [-0.2, 0) is 6.54 Å². The van der Waals surface area contributed by atoms with Crippen molar-refractivity contribution < 1.29 is 0 Å². The van der Waals surface area contributed by atoms with Crippen molar-refractivity contribution in [2.75, 3.05) is 12.3 Å². The Bertz CT molecular complexity index is 424. The first-order chi connectivity index (χ1) is 7.40. The van der Waals surface area contributed by atoms with Crippen LogP contribution in [0.1, 0.15) is 12.0 Å². The number of H-pyrrole nitrogens is 1. The normalized spacial score (nSPS) is 11.0. The monoisotopic (exact) mass is 221 g/mol. The number of fused-ring (bicyclic) bond motifs is 1. The van der Waals surface area contributed by atoms with E-state index in [0.717, 1.165) is 36.3 Å². The number of hydrogen-bond donors (Lipinski definition) is 3. The Balaban J connectivity index is 1.96. The van der Waals surface area contributed by atoms with Crippen LogP contribution in [0.15, 0.2) is 24.5 Å². The molecule has 80 valence electrons. The number of nitrogens with zero attached hydrogens (tertiary/aromatic N) is 1. The van der Waals surface area contributed by atoms with E-state index in [0.29, 0.717) is 0 Å². The lowest BCUT2D eigenvalue weighted by Gasteiger charge is -2.03. The summed E-state index contributed by atoms with van der Waals surface area (Å²) in [5, 5.41) is 3.38. The van der Waals surface area contributed by atoms with Crippen LogP contribution >= 0.6 is 12.6 Å². The highest BCUT2D eigenvalue weighted by molar-refractivity contribution is 7.80. The molecule has 0 fully saturated rings. The van der Waals surface area contributed by atoms with E-state index in [2.05, 4.69) is 40.0 Å². The van der Waals surface area contributed by atoms with Crippen molar-refractivity contribution in [2.45, 2.75) is 13.0 Å². The summed E-state index contributed by atoms with van der Waals surface area (Å²) in [5.74, 6) is 0.937. The molecular formula is C11H15N3S. The van der Waals surface area contributed by atoms with E-state index in [1.807, 2.05) is 6.07 Å². The predicted molar refractivity (Wildman–Crippen MR) is 66.3 cm³/mol. The van der Waals surface area contributed by atoms with Gasteiger partial charge in [0.15, 0.2) is 0 Å². The number of thiol groups is 1. The van der Waals surface area contributed by atoms with E-state index in [1.165, 1.54) is 5.56 Å². The van der Waals surface area contributed by atoms with Crippen LogP contribution in [0.5, 0.6) is 0 Å². The van der Waals surface area contributed by atoms with Crippen molar-refractivity contribution in [2.24, 2.45) is 0 Å². The van der Waals surface area contributed by atoms with Gasteiger partial charge in [-0.3, -0.25) is 0 Å². The van der Waals surface area contributed by atoms with E-state index < -0.39 is 0 Å². The fourth-order valence-corrected chi connectivity index (χ4v) is 1.69. The summed E-state index contributed by atoms with van der Waals surface area (Å²) in [4.78, 5) is 7.29. The second-order valence-electron chi connectivity index (χ2n) is 3.51. The van der Waals surface area contributed by atoms with E-state index in [-0.39, 0.29) is 0 Å². The van der Waals surface area contributed by atoms with Crippen molar-refractivity contribution in [1.82, 2.24) is 15.3 Å². The molecule has 15 heavy (non-hydrogen) atoms. The van der Waals surface area contributed by atoms with Gasteiger partial charge < -0.3 is 10.3 Å². The fourth-order valence-electron chi connectivity index (χ4n) is 1.53. The average molecular weight is 221 g/mol. The molecule has 0 saturated heterocycles. The molecule has 0 saturated carbocycles. The number of aromatic amines is 1. The third-order valence-electron chi connectivity index (χ3n) is 2.33. The minimum Gasteiger partial charge on any atom is -0.345 e. The first-order valence-corrected chi connectivity index (χ1v) is 5.77. The molecule has 0 atom stereocenters. The molecule has 0 radical (unpaired) electrons. The zero-order chi connectivity index (χ0) is 10.5. The molecule has 0 aliphatic heterocycles. The summed E-state index contributed by atoms with van der Waals surface area (Å²) in [6.45, 7) is 1.92. The van der Waals surface area contributed by atoms with E-state index in [4.69, 9.17) is 0 Å². The molecule has 0 spiro atoms. The number of rotatable bonds is 5. The smallest absolute Gasteiger partial charge is 0.0931 e. The molecule has 3 nitrogen and oxygen atoms in total. The number of nitrogens with one attached hydrogen (secondary N) is 2. The van der Waals surface area contributed by atoms with Crippen LogP contribution < -0.4 is 5.32 Å². The number of benzene rings is 1. The summed E-state index contributed by atoms with van der Waals surface area (Å²) in [5.41, 5.74) is 3.41. The Morgan fingerprint density at radius 2 is 2.33 bits per heavy atom. The van der Waals surface area contributed by atoms with E-state index >= 15 is 0 Å². The van der Waals surface area contributed by atoms with Gasteiger partial charge >= 0.3 is 0 Å². The molecular weight excluding hydrogens is 206 g/mol. The topological polar surface area (TPSA) is 40.7 Å². The van der Waals surface area contributed by atoms with Gasteiger partial charge in [-0.1, -0.05) is 6.07 Å². The van der Waals surface area contributed by atoms with Gasteiger partial charge in [0, 0.05) is 6.54 Å². The first kappa shape index (κ1) is 10.5.